The van der Waals surface area contributed by atoms with Crippen LogP contribution >= 0.6 is 0 Å². The van der Waals surface area contributed by atoms with Gasteiger partial charge in [0, 0.05) is 11.6 Å². The van der Waals surface area contributed by atoms with Gasteiger partial charge in [0.05, 0.1) is 22.7 Å². The van der Waals surface area contributed by atoms with Gasteiger partial charge < -0.3 is 4.98 Å². The highest BCUT2D eigenvalue weighted by Crippen LogP contribution is 2.28. The van der Waals surface area contributed by atoms with Crippen LogP contribution in [0.4, 0.5) is 11.4 Å². The Kier molecular flexibility index (Phi) is 3.35. The van der Waals surface area contributed by atoms with Crippen LogP contribution in [0.5, 0.6) is 0 Å². The van der Waals surface area contributed by atoms with E-state index in [0.29, 0.717) is 5.69 Å². The zero-order valence-corrected chi connectivity index (χ0v) is 12.6. The third-order valence-corrected chi connectivity index (χ3v) is 4.81. The SMILES string of the molecule is [C-]#[N+]c1cccc(S(=O)(=O)Nc2ccc(C)c3cc[nH]c23)c1. The highest BCUT2D eigenvalue weighted by Gasteiger charge is 2.16. The van der Waals surface area contributed by atoms with Crippen LogP contribution in [0.25, 0.3) is 15.7 Å². The molecule has 0 spiro atoms. The normalized spacial score (nSPS) is 11.3. The van der Waals surface area contributed by atoms with Crippen LogP contribution in [0.1, 0.15) is 5.56 Å². The van der Waals surface area contributed by atoms with Crippen LogP contribution in [-0.2, 0) is 10.0 Å². The van der Waals surface area contributed by atoms with Crippen molar-refractivity contribution in [1.29, 1.82) is 0 Å². The van der Waals surface area contributed by atoms with Gasteiger partial charge in [-0.25, -0.2) is 13.3 Å². The predicted octanol–water partition coefficient (Wildman–Crippen LogP) is 3.83. The molecule has 6 heteroatoms. The van der Waals surface area contributed by atoms with Crippen LogP contribution < -0.4 is 4.72 Å². The summed E-state index contributed by atoms with van der Waals surface area (Å²) in [6, 6.07) is 11.4. The number of anilines is 1. The first-order chi connectivity index (χ1) is 10.5. The van der Waals surface area contributed by atoms with Crippen molar-refractivity contribution in [3.05, 3.63) is 65.6 Å². The number of benzene rings is 2. The number of nitrogens with one attached hydrogen (secondary N) is 2. The van der Waals surface area contributed by atoms with Gasteiger partial charge in [0.15, 0.2) is 5.69 Å². The first kappa shape index (κ1) is 14.2. The van der Waals surface area contributed by atoms with E-state index in [-0.39, 0.29) is 10.6 Å². The van der Waals surface area contributed by atoms with Gasteiger partial charge in [-0.3, -0.25) is 4.72 Å². The molecule has 3 rings (SSSR count). The lowest BCUT2D eigenvalue weighted by Gasteiger charge is -2.10. The van der Waals surface area contributed by atoms with Crippen molar-refractivity contribution in [2.75, 3.05) is 4.72 Å². The third-order valence-electron chi connectivity index (χ3n) is 3.44. The number of aromatic nitrogens is 1. The topological polar surface area (TPSA) is 66.3 Å². The molecule has 0 aliphatic carbocycles. The first-order valence-electron chi connectivity index (χ1n) is 6.58. The van der Waals surface area contributed by atoms with Crippen molar-refractivity contribution in [3.63, 3.8) is 0 Å². The molecule has 0 bridgehead atoms. The summed E-state index contributed by atoms with van der Waals surface area (Å²) >= 11 is 0. The number of nitrogens with zero attached hydrogens (tertiary/aromatic N) is 1. The Morgan fingerprint density at radius 2 is 2.00 bits per heavy atom. The summed E-state index contributed by atoms with van der Waals surface area (Å²) in [5.41, 5.74) is 2.58. The molecule has 1 aromatic heterocycles. The standard InChI is InChI=1S/C16H13N3O2S/c1-11-6-7-15(16-14(11)8-9-18-16)19-22(20,21)13-5-3-4-12(10-13)17-2/h3-10,18-19H,1H3. The Labute approximate surface area is 128 Å². The summed E-state index contributed by atoms with van der Waals surface area (Å²) in [5, 5.41) is 0.968. The average molecular weight is 311 g/mol. The van der Waals surface area contributed by atoms with Gasteiger partial charge in [0.1, 0.15) is 0 Å². The lowest BCUT2D eigenvalue weighted by molar-refractivity contribution is 0.601. The molecule has 0 atom stereocenters. The van der Waals surface area contributed by atoms with Crippen molar-refractivity contribution in [2.24, 2.45) is 0 Å². The second-order valence-corrected chi connectivity index (χ2v) is 6.59. The molecule has 110 valence electrons. The molecule has 0 aliphatic heterocycles. The van der Waals surface area contributed by atoms with Gasteiger partial charge in [-0.15, -0.1) is 0 Å². The monoisotopic (exact) mass is 311 g/mol. The second kappa shape index (κ2) is 5.20. The van der Waals surface area contributed by atoms with Crippen molar-refractivity contribution in [2.45, 2.75) is 11.8 Å². The van der Waals surface area contributed by atoms with Crippen LogP contribution in [0.3, 0.4) is 0 Å². The van der Waals surface area contributed by atoms with Crippen molar-refractivity contribution >= 4 is 32.3 Å². The summed E-state index contributed by atoms with van der Waals surface area (Å²) in [5.74, 6) is 0. The fraction of sp³-hybridized carbons (Fsp3) is 0.0625. The molecule has 0 amide bonds. The van der Waals surface area contributed by atoms with Gasteiger partial charge in [-0.05, 0) is 36.8 Å². The molecule has 0 saturated carbocycles. The molecule has 0 saturated heterocycles. The minimum absolute atomic E-state index is 0.0706. The largest absolute Gasteiger partial charge is 0.359 e. The van der Waals surface area contributed by atoms with E-state index in [1.807, 2.05) is 19.1 Å². The zero-order valence-electron chi connectivity index (χ0n) is 11.8. The minimum atomic E-state index is -3.74. The first-order valence-corrected chi connectivity index (χ1v) is 8.06. The minimum Gasteiger partial charge on any atom is -0.359 e. The molecule has 2 N–H and O–H groups in total. The number of aromatic amines is 1. The Bertz CT molecular complexity index is 998. The van der Waals surface area contributed by atoms with Gasteiger partial charge >= 0.3 is 0 Å². The molecule has 0 aliphatic rings. The maximum absolute atomic E-state index is 12.5. The smallest absolute Gasteiger partial charge is 0.260 e. The van der Waals surface area contributed by atoms with Crippen molar-refractivity contribution in [1.82, 2.24) is 4.98 Å². The fourth-order valence-electron chi connectivity index (χ4n) is 2.31. The Hall–Kier alpha value is -2.78. The number of hydrogen-bond donors (Lipinski definition) is 2. The molecule has 2 aromatic carbocycles. The average Bonchev–Trinajstić information content (AvgIpc) is 3.01. The molecule has 0 fully saturated rings. The molecular formula is C16H13N3O2S. The number of aryl methyl sites for hydroxylation is 1. The third kappa shape index (κ3) is 2.43. The van der Waals surface area contributed by atoms with Crippen molar-refractivity contribution in [3.8, 4) is 0 Å². The lowest BCUT2D eigenvalue weighted by Crippen LogP contribution is -2.13. The summed E-state index contributed by atoms with van der Waals surface area (Å²) in [7, 11) is -3.74. The molecule has 5 nitrogen and oxygen atoms in total. The molecule has 0 radical (unpaired) electrons. The summed E-state index contributed by atoms with van der Waals surface area (Å²) < 4.78 is 27.6. The van der Waals surface area contributed by atoms with E-state index in [9.17, 15) is 8.42 Å². The predicted molar refractivity (Wildman–Crippen MR) is 86.5 cm³/mol. The van der Waals surface area contributed by atoms with Crippen LogP contribution in [0.15, 0.2) is 53.6 Å². The van der Waals surface area contributed by atoms with E-state index in [0.717, 1.165) is 16.5 Å². The van der Waals surface area contributed by atoms with E-state index in [4.69, 9.17) is 6.57 Å². The summed E-state index contributed by atoms with van der Waals surface area (Å²) in [6.07, 6.45) is 1.77. The number of rotatable bonds is 3. The molecule has 3 aromatic rings. The second-order valence-electron chi connectivity index (χ2n) is 4.91. The Morgan fingerprint density at radius 3 is 2.77 bits per heavy atom. The van der Waals surface area contributed by atoms with E-state index in [2.05, 4.69) is 14.6 Å². The van der Waals surface area contributed by atoms with Gasteiger partial charge in [-0.2, -0.15) is 0 Å². The maximum atomic E-state index is 12.5. The number of H-pyrrole nitrogens is 1. The lowest BCUT2D eigenvalue weighted by atomic mass is 10.1. The highest BCUT2D eigenvalue weighted by molar-refractivity contribution is 7.92. The highest BCUT2D eigenvalue weighted by atomic mass is 32.2. The van der Waals surface area contributed by atoms with Gasteiger partial charge in [0.25, 0.3) is 10.0 Å². The fourth-order valence-corrected chi connectivity index (χ4v) is 3.42. The Balaban J connectivity index is 2.05. The van der Waals surface area contributed by atoms with Crippen LogP contribution in [-0.4, -0.2) is 13.4 Å². The molecule has 22 heavy (non-hydrogen) atoms. The van der Waals surface area contributed by atoms with Crippen molar-refractivity contribution < 1.29 is 8.42 Å². The van der Waals surface area contributed by atoms with Crippen LogP contribution in [0.2, 0.25) is 0 Å². The number of sulfonamides is 1. The quantitative estimate of drug-likeness (QED) is 0.722. The van der Waals surface area contributed by atoms with Gasteiger partial charge in [0.2, 0.25) is 0 Å². The van der Waals surface area contributed by atoms with E-state index in [1.165, 1.54) is 12.1 Å². The summed E-state index contributed by atoms with van der Waals surface area (Å²) in [4.78, 5) is 6.38. The number of fused-ring (bicyclic) bond motifs is 1. The molecule has 1 heterocycles. The van der Waals surface area contributed by atoms with E-state index < -0.39 is 10.0 Å². The summed E-state index contributed by atoms with van der Waals surface area (Å²) in [6.45, 7) is 8.95. The van der Waals surface area contributed by atoms with E-state index >= 15 is 0 Å². The maximum Gasteiger partial charge on any atom is 0.260 e. The van der Waals surface area contributed by atoms with E-state index in [1.54, 1.807) is 24.4 Å². The Morgan fingerprint density at radius 1 is 1.18 bits per heavy atom. The molecular weight excluding hydrogens is 298 g/mol. The van der Waals surface area contributed by atoms with Crippen LogP contribution in [0, 0.1) is 13.5 Å². The zero-order chi connectivity index (χ0) is 15.7. The number of hydrogen-bond acceptors (Lipinski definition) is 2. The molecule has 0 unspecified atom stereocenters. The van der Waals surface area contributed by atoms with Gasteiger partial charge in [-0.1, -0.05) is 18.2 Å².